The molecule has 1 fully saturated rings. The number of allylic oxidation sites excluding steroid dienone is 1. The Morgan fingerprint density at radius 3 is 2.81 bits per heavy atom. The fraction of sp³-hybridized carbons (Fsp3) is 0.190. The Hall–Kier alpha value is -3.12. The molecule has 1 aliphatic rings. The molecule has 3 aromatic rings. The molecule has 0 aliphatic carbocycles. The number of hydrogen-bond acceptors (Lipinski definition) is 4. The number of imidazole rings is 1. The Morgan fingerprint density at radius 2 is 2.07 bits per heavy atom. The average molecular weight is 364 g/mol. The van der Waals surface area contributed by atoms with Crippen LogP contribution in [0.5, 0.6) is 5.75 Å². The molecule has 27 heavy (non-hydrogen) atoms. The number of aromatic nitrogens is 2. The van der Waals surface area contributed by atoms with Crippen LogP contribution in [0, 0.1) is 5.82 Å². The van der Waals surface area contributed by atoms with Crippen molar-refractivity contribution in [3.63, 3.8) is 0 Å². The monoisotopic (exact) mass is 364 g/mol. The summed E-state index contributed by atoms with van der Waals surface area (Å²) in [6.45, 7) is 1.10. The van der Waals surface area contributed by atoms with Gasteiger partial charge in [-0.3, -0.25) is 0 Å². The van der Waals surface area contributed by atoms with Gasteiger partial charge in [-0.15, -0.1) is 0 Å². The van der Waals surface area contributed by atoms with Gasteiger partial charge >= 0.3 is 0 Å². The van der Waals surface area contributed by atoms with Crippen LogP contribution in [0.1, 0.15) is 24.0 Å². The van der Waals surface area contributed by atoms with E-state index < -0.39 is 0 Å². The van der Waals surface area contributed by atoms with Gasteiger partial charge in [0.2, 0.25) is 0 Å². The van der Waals surface area contributed by atoms with Gasteiger partial charge in [-0.1, -0.05) is 24.3 Å². The summed E-state index contributed by atoms with van der Waals surface area (Å²) in [6, 6.07) is 14.3. The molecular formula is C21H21FN4O. The predicted molar refractivity (Wildman–Crippen MR) is 102 cm³/mol. The number of rotatable bonds is 5. The summed E-state index contributed by atoms with van der Waals surface area (Å²) in [7, 11) is 0. The van der Waals surface area contributed by atoms with Crippen LogP contribution in [0.3, 0.4) is 0 Å². The first kappa shape index (κ1) is 17.3. The molecular weight excluding hydrogens is 343 g/mol. The first-order valence-electron chi connectivity index (χ1n) is 8.93. The van der Waals surface area contributed by atoms with Crippen molar-refractivity contribution >= 4 is 5.70 Å². The van der Waals surface area contributed by atoms with Crippen molar-refractivity contribution in [2.45, 2.75) is 19.4 Å². The predicted octanol–water partition coefficient (Wildman–Crippen LogP) is 3.79. The third-order valence-electron chi connectivity index (χ3n) is 4.62. The zero-order chi connectivity index (χ0) is 18.6. The van der Waals surface area contributed by atoms with E-state index in [1.165, 1.54) is 12.1 Å². The van der Waals surface area contributed by atoms with Gasteiger partial charge in [-0.05, 0) is 42.7 Å². The molecule has 1 aromatic heterocycles. The normalized spacial score (nSPS) is 15.9. The minimum absolute atomic E-state index is 0.268. The highest BCUT2D eigenvalue weighted by atomic mass is 19.1. The van der Waals surface area contributed by atoms with E-state index in [0.717, 1.165) is 47.7 Å². The van der Waals surface area contributed by atoms with Crippen molar-refractivity contribution in [1.29, 1.82) is 0 Å². The number of para-hydroxylation sites is 1. The van der Waals surface area contributed by atoms with Crippen LogP contribution in [0.25, 0.3) is 5.70 Å². The van der Waals surface area contributed by atoms with Gasteiger partial charge < -0.3 is 14.3 Å². The first-order valence-corrected chi connectivity index (χ1v) is 8.93. The number of nitrogens with two attached hydrogens (primary N) is 1. The minimum atomic E-state index is -0.268. The molecule has 138 valence electrons. The maximum absolute atomic E-state index is 13.4. The fourth-order valence-electron chi connectivity index (χ4n) is 3.36. The summed E-state index contributed by atoms with van der Waals surface area (Å²) in [5.41, 5.74) is 3.72. The lowest BCUT2D eigenvalue weighted by molar-refractivity contribution is 0.304. The van der Waals surface area contributed by atoms with Gasteiger partial charge in [-0.25, -0.2) is 15.2 Å². The highest BCUT2D eigenvalue weighted by Crippen LogP contribution is 2.34. The molecule has 6 heteroatoms. The molecule has 5 nitrogen and oxygen atoms in total. The molecule has 0 radical (unpaired) electrons. The molecule has 0 amide bonds. The second-order valence-electron chi connectivity index (χ2n) is 6.48. The van der Waals surface area contributed by atoms with Crippen LogP contribution in [-0.4, -0.2) is 21.1 Å². The lowest BCUT2D eigenvalue weighted by Crippen LogP contribution is -2.27. The number of hydrogen-bond donors (Lipinski definition) is 1. The van der Waals surface area contributed by atoms with Crippen molar-refractivity contribution in [2.75, 3.05) is 6.54 Å². The Balaban J connectivity index is 1.72. The minimum Gasteiger partial charge on any atom is -0.488 e. The van der Waals surface area contributed by atoms with Crippen LogP contribution >= 0.6 is 0 Å². The van der Waals surface area contributed by atoms with Gasteiger partial charge in [0.15, 0.2) is 0 Å². The molecule has 0 atom stereocenters. The second-order valence-corrected chi connectivity index (χ2v) is 6.48. The van der Waals surface area contributed by atoms with Crippen LogP contribution in [0.2, 0.25) is 0 Å². The smallest absolute Gasteiger partial charge is 0.129 e. The molecule has 0 spiro atoms. The van der Waals surface area contributed by atoms with E-state index in [-0.39, 0.29) is 12.4 Å². The highest BCUT2D eigenvalue weighted by molar-refractivity contribution is 5.73. The van der Waals surface area contributed by atoms with Gasteiger partial charge in [-0.2, -0.15) is 0 Å². The molecule has 4 rings (SSSR count). The average Bonchev–Trinajstić information content (AvgIpc) is 3.34. The van der Waals surface area contributed by atoms with E-state index in [1.54, 1.807) is 23.6 Å². The molecule has 0 saturated carbocycles. The number of ether oxygens (including phenoxy) is 1. The summed E-state index contributed by atoms with van der Waals surface area (Å²) in [5.74, 6) is 6.67. The van der Waals surface area contributed by atoms with Crippen LogP contribution < -0.4 is 10.6 Å². The first-order chi connectivity index (χ1) is 13.2. The van der Waals surface area contributed by atoms with E-state index in [1.807, 2.05) is 41.1 Å². The van der Waals surface area contributed by atoms with Gasteiger partial charge in [0, 0.05) is 24.5 Å². The Morgan fingerprint density at radius 1 is 1.19 bits per heavy atom. The van der Waals surface area contributed by atoms with Crippen molar-refractivity contribution in [3.05, 3.63) is 89.9 Å². The van der Waals surface area contributed by atoms with E-state index in [2.05, 4.69) is 4.98 Å². The number of hydrazine groups is 1. The number of benzene rings is 2. The molecule has 1 aliphatic heterocycles. The molecule has 0 unspecified atom stereocenters. The zero-order valence-corrected chi connectivity index (χ0v) is 14.9. The standard InChI is InChI=1S/C21H21FN4O/c22-17-6-3-5-16(13-17)14-27-20-9-2-1-7-18(20)21(25-12-10-24-15-25)19-8-4-11-26(19)23/h1-3,5-7,9-10,12-13,15H,4,8,11,14,23H2. The third-order valence-corrected chi connectivity index (χ3v) is 4.62. The van der Waals surface area contributed by atoms with E-state index in [9.17, 15) is 4.39 Å². The summed E-state index contributed by atoms with van der Waals surface area (Å²) in [5, 5.41) is 1.79. The maximum Gasteiger partial charge on any atom is 0.129 e. The van der Waals surface area contributed by atoms with Crippen LogP contribution in [-0.2, 0) is 6.61 Å². The van der Waals surface area contributed by atoms with Gasteiger partial charge in [0.25, 0.3) is 0 Å². The van der Waals surface area contributed by atoms with Crippen molar-refractivity contribution in [1.82, 2.24) is 14.6 Å². The summed E-state index contributed by atoms with van der Waals surface area (Å²) >= 11 is 0. The number of halogens is 1. The maximum atomic E-state index is 13.4. The van der Waals surface area contributed by atoms with E-state index >= 15 is 0 Å². The highest BCUT2D eigenvalue weighted by Gasteiger charge is 2.22. The topological polar surface area (TPSA) is 56.3 Å². The molecule has 2 N–H and O–H groups in total. The van der Waals surface area contributed by atoms with Crippen molar-refractivity contribution < 1.29 is 9.13 Å². The van der Waals surface area contributed by atoms with Crippen molar-refractivity contribution in [3.8, 4) is 5.75 Å². The Labute approximate surface area is 157 Å². The van der Waals surface area contributed by atoms with E-state index in [4.69, 9.17) is 10.6 Å². The summed E-state index contributed by atoms with van der Waals surface area (Å²) in [6.07, 6.45) is 7.31. The lowest BCUT2D eigenvalue weighted by Gasteiger charge is -2.21. The molecule has 1 saturated heterocycles. The zero-order valence-electron chi connectivity index (χ0n) is 14.9. The summed E-state index contributed by atoms with van der Waals surface area (Å²) < 4.78 is 21.5. The van der Waals surface area contributed by atoms with Gasteiger partial charge in [0.05, 0.1) is 17.7 Å². The summed E-state index contributed by atoms with van der Waals surface area (Å²) in [4.78, 5) is 4.18. The molecule has 0 bridgehead atoms. The third kappa shape index (κ3) is 3.71. The Bertz CT molecular complexity index is 952. The Kier molecular flexibility index (Phi) is 4.89. The van der Waals surface area contributed by atoms with Crippen molar-refractivity contribution in [2.24, 2.45) is 5.84 Å². The fourth-order valence-corrected chi connectivity index (χ4v) is 3.36. The molecule has 2 aromatic carbocycles. The van der Waals surface area contributed by atoms with Gasteiger partial charge in [0.1, 0.15) is 18.2 Å². The lowest BCUT2D eigenvalue weighted by atomic mass is 10.1. The molecule has 2 heterocycles. The van der Waals surface area contributed by atoms with Crippen LogP contribution in [0.15, 0.2) is 72.9 Å². The number of nitrogens with zero attached hydrogens (tertiary/aromatic N) is 3. The second kappa shape index (κ2) is 7.63. The largest absolute Gasteiger partial charge is 0.488 e. The SMILES string of the molecule is NN1CCCC1=C(c1ccccc1OCc1cccc(F)c1)n1ccnc1. The quantitative estimate of drug-likeness (QED) is 0.700. The van der Waals surface area contributed by atoms with Crippen LogP contribution in [0.4, 0.5) is 4.39 Å². The van der Waals surface area contributed by atoms with E-state index in [0.29, 0.717) is 0 Å².